The van der Waals surface area contributed by atoms with Crippen molar-refractivity contribution in [2.75, 3.05) is 40.3 Å². The molecule has 1 aliphatic heterocycles. The minimum atomic E-state index is 0.0288. The fourth-order valence-corrected chi connectivity index (χ4v) is 3.38. The Bertz CT molecular complexity index is 597. The maximum Gasteiger partial charge on any atom is 0.243 e. The number of amides is 1. The lowest BCUT2D eigenvalue weighted by atomic mass is 9.82. The van der Waals surface area contributed by atoms with Gasteiger partial charge in [-0.05, 0) is 29.7 Å². The molecule has 1 saturated heterocycles. The van der Waals surface area contributed by atoms with Crippen LogP contribution in [0, 0.1) is 11.8 Å². The minimum Gasteiger partial charge on any atom is -0.356 e. The standard InChI is InChI=1S/C21H34N4O/c1-16(2)13-22-21(23-14-20(26)24(4)5)25-12-11-19(17(3)15-25)18-9-7-6-8-10-18/h6-10,16-17,19H,11-15H2,1-5H3,(H,22,23). The van der Waals surface area contributed by atoms with Gasteiger partial charge in [-0.3, -0.25) is 4.79 Å². The van der Waals surface area contributed by atoms with Crippen LogP contribution in [0.4, 0.5) is 0 Å². The SMILES string of the molecule is CC(C)CNC(=NCC(=O)N(C)C)N1CCC(c2ccccc2)C(C)C1. The van der Waals surface area contributed by atoms with E-state index in [1.807, 2.05) is 0 Å². The lowest BCUT2D eigenvalue weighted by Crippen LogP contribution is -2.49. The number of nitrogens with one attached hydrogen (secondary N) is 1. The fourth-order valence-electron chi connectivity index (χ4n) is 3.38. The molecule has 0 radical (unpaired) electrons. The first-order valence-electron chi connectivity index (χ1n) is 9.66. The van der Waals surface area contributed by atoms with Gasteiger partial charge in [0, 0.05) is 33.7 Å². The normalized spacial score (nSPS) is 21.0. The maximum atomic E-state index is 11.9. The number of guanidine groups is 1. The van der Waals surface area contributed by atoms with Crippen LogP contribution in [0.15, 0.2) is 35.3 Å². The average molecular weight is 359 g/mol. The molecule has 0 bridgehead atoms. The molecule has 144 valence electrons. The molecule has 1 fully saturated rings. The van der Waals surface area contributed by atoms with Gasteiger partial charge < -0.3 is 15.1 Å². The van der Waals surface area contributed by atoms with Gasteiger partial charge in [0.15, 0.2) is 5.96 Å². The molecule has 1 aromatic carbocycles. The molecule has 26 heavy (non-hydrogen) atoms. The second kappa shape index (κ2) is 9.60. The summed E-state index contributed by atoms with van der Waals surface area (Å²) in [4.78, 5) is 20.5. The number of piperidine rings is 1. The van der Waals surface area contributed by atoms with Crippen LogP contribution in [-0.2, 0) is 4.79 Å². The molecule has 1 heterocycles. The van der Waals surface area contributed by atoms with Crippen LogP contribution in [0.3, 0.4) is 0 Å². The van der Waals surface area contributed by atoms with Crippen LogP contribution in [0.5, 0.6) is 0 Å². The molecule has 0 spiro atoms. The summed E-state index contributed by atoms with van der Waals surface area (Å²) in [6.07, 6.45) is 1.11. The van der Waals surface area contributed by atoms with E-state index in [9.17, 15) is 4.79 Å². The van der Waals surface area contributed by atoms with Gasteiger partial charge in [-0.2, -0.15) is 0 Å². The number of nitrogens with zero attached hydrogens (tertiary/aromatic N) is 3. The molecular weight excluding hydrogens is 324 g/mol. The Balaban J connectivity index is 2.06. The smallest absolute Gasteiger partial charge is 0.243 e. The highest BCUT2D eigenvalue weighted by atomic mass is 16.2. The second-order valence-corrected chi connectivity index (χ2v) is 7.93. The Hall–Kier alpha value is -2.04. The van der Waals surface area contributed by atoms with Gasteiger partial charge in [0.05, 0.1) is 0 Å². The van der Waals surface area contributed by atoms with Crippen molar-refractivity contribution in [3.8, 4) is 0 Å². The number of carbonyl (C=O) groups excluding carboxylic acids is 1. The average Bonchev–Trinajstić information content (AvgIpc) is 2.61. The summed E-state index contributed by atoms with van der Waals surface area (Å²) < 4.78 is 0. The van der Waals surface area contributed by atoms with Crippen LogP contribution in [0.25, 0.3) is 0 Å². The van der Waals surface area contributed by atoms with Crippen LogP contribution >= 0.6 is 0 Å². The van der Waals surface area contributed by atoms with Crippen molar-refractivity contribution in [1.29, 1.82) is 0 Å². The summed E-state index contributed by atoms with van der Waals surface area (Å²) in [6, 6.07) is 10.8. The van der Waals surface area contributed by atoms with Gasteiger partial charge in [-0.1, -0.05) is 51.1 Å². The van der Waals surface area contributed by atoms with Crippen LogP contribution in [0.2, 0.25) is 0 Å². The molecule has 1 amide bonds. The van der Waals surface area contributed by atoms with Gasteiger partial charge in [-0.15, -0.1) is 0 Å². The van der Waals surface area contributed by atoms with Crippen LogP contribution in [-0.4, -0.2) is 61.9 Å². The Morgan fingerprint density at radius 3 is 2.58 bits per heavy atom. The van der Waals surface area contributed by atoms with Crippen molar-refractivity contribution in [3.63, 3.8) is 0 Å². The number of carbonyl (C=O) groups is 1. The van der Waals surface area contributed by atoms with E-state index >= 15 is 0 Å². The number of hydrogen-bond acceptors (Lipinski definition) is 2. The first-order chi connectivity index (χ1) is 12.4. The molecule has 2 unspecified atom stereocenters. The monoisotopic (exact) mass is 358 g/mol. The Kier molecular flexibility index (Phi) is 7.49. The molecule has 2 atom stereocenters. The Morgan fingerprint density at radius 2 is 2.00 bits per heavy atom. The molecule has 5 heteroatoms. The summed E-state index contributed by atoms with van der Waals surface area (Å²) in [7, 11) is 3.54. The molecule has 1 N–H and O–H groups in total. The first kappa shape index (κ1) is 20.3. The van der Waals surface area contributed by atoms with Gasteiger partial charge >= 0.3 is 0 Å². The fraction of sp³-hybridized carbons (Fsp3) is 0.619. The first-order valence-corrected chi connectivity index (χ1v) is 9.66. The van der Waals surface area contributed by atoms with E-state index in [0.29, 0.717) is 17.8 Å². The van der Waals surface area contributed by atoms with Crippen molar-refractivity contribution in [2.45, 2.75) is 33.1 Å². The van der Waals surface area contributed by atoms with E-state index in [1.54, 1.807) is 19.0 Å². The maximum absolute atomic E-state index is 11.9. The van der Waals surface area contributed by atoms with Crippen LogP contribution < -0.4 is 5.32 Å². The summed E-state index contributed by atoms with van der Waals surface area (Å²) >= 11 is 0. The second-order valence-electron chi connectivity index (χ2n) is 7.93. The number of rotatable bonds is 5. The van der Waals surface area contributed by atoms with Gasteiger partial charge in [-0.25, -0.2) is 4.99 Å². The predicted octanol–water partition coefficient (Wildman–Crippen LogP) is 2.80. The number of likely N-dealkylation sites (tertiary alicyclic amines) is 1. The number of aliphatic imine (C=N–C) groups is 1. The highest BCUT2D eigenvalue weighted by Gasteiger charge is 2.28. The van der Waals surface area contributed by atoms with Crippen LogP contribution in [0.1, 0.15) is 38.7 Å². The predicted molar refractivity (Wildman–Crippen MR) is 108 cm³/mol. The quantitative estimate of drug-likeness (QED) is 0.650. The number of hydrogen-bond donors (Lipinski definition) is 1. The van der Waals surface area contributed by atoms with E-state index in [-0.39, 0.29) is 12.5 Å². The molecule has 0 aromatic heterocycles. The zero-order chi connectivity index (χ0) is 19.1. The summed E-state index contributed by atoms with van der Waals surface area (Å²) in [5.74, 6) is 2.56. The molecule has 1 aliphatic rings. The number of likely N-dealkylation sites (N-methyl/N-ethyl adjacent to an activating group) is 1. The van der Waals surface area contributed by atoms with Crippen molar-refractivity contribution in [2.24, 2.45) is 16.8 Å². The van der Waals surface area contributed by atoms with Crippen molar-refractivity contribution in [3.05, 3.63) is 35.9 Å². The molecule has 5 nitrogen and oxygen atoms in total. The third kappa shape index (κ3) is 5.75. The minimum absolute atomic E-state index is 0.0288. The number of benzene rings is 1. The summed E-state index contributed by atoms with van der Waals surface area (Å²) in [5, 5.41) is 3.46. The van der Waals surface area contributed by atoms with Gasteiger partial charge in [0.25, 0.3) is 0 Å². The van der Waals surface area contributed by atoms with E-state index in [4.69, 9.17) is 0 Å². The Labute approximate surface area is 158 Å². The zero-order valence-corrected chi connectivity index (χ0v) is 16.9. The summed E-state index contributed by atoms with van der Waals surface area (Å²) in [6.45, 7) is 9.65. The van der Waals surface area contributed by atoms with Crippen molar-refractivity contribution < 1.29 is 4.79 Å². The lowest BCUT2D eigenvalue weighted by molar-refractivity contribution is -0.127. The van der Waals surface area contributed by atoms with Gasteiger partial charge in [0.2, 0.25) is 5.91 Å². The third-order valence-electron chi connectivity index (χ3n) is 4.96. The van der Waals surface area contributed by atoms with E-state index < -0.39 is 0 Å². The van der Waals surface area contributed by atoms with Gasteiger partial charge in [0.1, 0.15) is 6.54 Å². The lowest BCUT2D eigenvalue weighted by Gasteiger charge is -2.39. The highest BCUT2D eigenvalue weighted by molar-refractivity contribution is 5.85. The zero-order valence-electron chi connectivity index (χ0n) is 16.9. The molecule has 0 aliphatic carbocycles. The largest absolute Gasteiger partial charge is 0.356 e. The highest BCUT2D eigenvalue weighted by Crippen LogP contribution is 2.32. The topological polar surface area (TPSA) is 47.9 Å². The molecule has 2 rings (SSSR count). The van der Waals surface area contributed by atoms with Crippen molar-refractivity contribution in [1.82, 2.24) is 15.1 Å². The van der Waals surface area contributed by atoms with E-state index in [1.165, 1.54) is 5.56 Å². The molecular formula is C21H34N4O. The Morgan fingerprint density at radius 1 is 1.31 bits per heavy atom. The third-order valence-corrected chi connectivity index (χ3v) is 4.96. The van der Waals surface area contributed by atoms with E-state index in [0.717, 1.165) is 32.0 Å². The van der Waals surface area contributed by atoms with Crippen molar-refractivity contribution >= 4 is 11.9 Å². The van der Waals surface area contributed by atoms with E-state index in [2.05, 4.69) is 66.3 Å². The molecule has 0 saturated carbocycles. The molecule has 1 aromatic rings. The summed E-state index contributed by atoms with van der Waals surface area (Å²) in [5.41, 5.74) is 1.43.